The van der Waals surface area contributed by atoms with Gasteiger partial charge in [0, 0.05) is 13.6 Å². The van der Waals surface area contributed by atoms with Crippen LogP contribution in [0.15, 0.2) is 0 Å². The van der Waals surface area contributed by atoms with Gasteiger partial charge in [0.2, 0.25) is 5.91 Å². The third-order valence-electron chi connectivity index (χ3n) is 3.48. The van der Waals surface area contributed by atoms with Crippen LogP contribution in [-0.4, -0.2) is 30.4 Å². The van der Waals surface area contributed by atoms with Gasteiger partial charge in [-0.3, -0.25) is 4.79 Å². The monoisotopic (exact) mass is 212 g/mol. The van der Waals surface area contributed by atoms with Crippen molar-refractivity contribution in [3.05, 3.63) is 0 Å². The highest BCUT2D eigenvalue weighted by atomic mass is 16.2. The first-order valence-corrected chi connectivity index (χ1v) is 6.15. The zero-order chi connectivity index (χ0) is 11.3. The van der Waals surface area contributed by atoms with E-state index >= 15 is 0 Å². The Bertz CT molecular complexity index is 200. The van der Waals surface area contributed by atoms with Crippen LogP contribution in [0.25, 0.3) is 0 Å². The zero-order valence-corrected chi connectivity index (χ0v) is 10.0. The van der Waals surface area contributed by atoms with E-state index in [0.29, 0.717) is 5.92 Å². The Hall–Kier alpha value is -0.570. The van der Waals surface area contributed by atoms with Crippen molar-refractivity contribution in [1.29, 1.82) is 0 Å². The second-order valence-corrected chi connectivity index (χ2v) is 4.70. The van der Waals surface area contributed by atoms with Crippen molar-refractivity contribution >= 4 is 5.91 Å². The van der Waals surface area contributed by atoms with E-state index in [1.165, 1.54) is 32.1 Å². The number of carbonyl (C=O) groups excluding carboxylic acids is 1. The van der Waals surface area contributed by atoms with Crippen LogP contribution >= 0.6 is 0 Å². The van der Waals surface area contributed by atoms with Crippen LogP contribution in [0.5, 0.6) is 0 Å². The summed E-state index contributed by atoms with van der Waals surface area (Å²) in [5.41, 5.74) is 5.93. The Morgan fingerprint density at radius 3 is 2.53 bits per heavy atom. The van der Waals surface area contributed by atoms with Gasteiger partial charge in [0.25, 0.3) is 0 Å². The van der Waals surface area contributed by atoms with Crippen molar-refractivity contribution in [3.63, 3.8) is 0 Å². The predicted octanol–water partition coefficient (Wildman–Crippen LogP) is 1.76. The summed E-state index contributed by atoms with van der Waals surface area (Å²) in [6.07, 6.45) is 7.38. The van der Waals surface area contributed by atoms with Crippen LogP contribution < -0.4 is 5.73 Å². The standard InChI is InChI=1S/C12H24N2O/c1-3-14(2)12(15)11(13)9-10-7-5-4-6-8-10/h10-11H,3-9,13H2,1-2H3. The van der Waals surface area contributed by atoms with Gasteiger partial charge in [-0.1, -0.05) is 32.1 Å². The molecule has 0 aromatic rings. The Kier molecular flexibility index (Phi) is 5.09. The Morgan fingerprint density at radius 1 is 1.40 bits per heavy atom. The minimum Gasteiger partial charge on any atom is -0.345 e. The van der Waals surface area contributed by atoms with Gasteiger partial charge in [-0.15, -0.1) is 0 Å². The third-order valence-corrected chi connectivity index (χ3v) is 3.48. The molecule has 1 fully saturated rings. The lowest BCUT2D eigenvalue weighted by molar-refractivity contribution is -0.131. The number of likely N-dealkylation sites (N-methyl/N-ethyl adjacent to an activating group) is 1. The molecule has 2 N–H and O–H groups in total. The fourth-order valence-electron chi connectivity index (χ4n) is 2.32. The zero-order valence-electron chi connectivity index (χ0n) is 10.0. The van der Waals surface area contributed by atoms with Crippen LogP contribution in [-0.2, 0) is 4.79 Å². The van der Waals surface area contributed by atoms with E-state index in [-0.39, 0.29) is 11.9 Å². The molecular weight excluding hydrogens is 188 g/mol. The summed E-state index contributed by atoms with van der Waals surface area (Å²) in [7, 11) is 1.82. The fraction of sp³-hybridized carbons (Fsp3) is 0.917. The second-order valence-electron chi connectivity index (χ2n) is 4.70. The maximum atomic E-state index is 11.7. The molecule has 0 saturated heterocycles. The van der Waals surface area contributed by atoms with Crippen molar-refractivity contribution < 1.29 is 4.79 Å². The number of rotatable bonds is 4. The van der Waals surface area contributed by atoms with Crippen molar-refractivity contribution in [2.45, 2.75) is 51.5 Å². The molecule has 0 heterocycles. The highest BCUT2D eigenvalue weighted by molar-refractivity contribution is 5.81. The molecule has 0 aromatic carbocycles. The predicted molar refractivity (Wildman–Crippen MR) is 62.5 cm³/mol. The average molecular weight is 212 g/mol. The van der Waals surface area contributed by atoms with E-state index in [0.717, 1.165) is 13.0 Å². The summed E-state index contributed by atoms with van der Waals surface area (Å²) in [4.78, 5) is 13.5. The van der Waals surface area contributed by atoms with E-state index in [1.54, 1.807) is 4.90 Å². The summed E-state index contributed by atoms with van der Waals surface area (Å²) in [6, 6.07) is -0.280. The molecule has 3 heteroatoms. The lowest BCUT2D eigenvalue weighted by Crippen LogP contribution is -2.42. The molecule has 0 spiro atoms. The van der Waals surface area contributed by atoms with Crippen LogP contribution in [0.1, 0.15) is 45.4 Å². The largest absolute Gasteiger partial charge is 0.345 e. The molecule has 1 aliphatic rings. The van der Waals surface area contributed by atoms with Gasteiger partial charge in [0.1, 0.15) is 0 Å². The van der Waals surface area contributed by atoms with Crippen molar-refractivity contribution in [2.24, 2.45) is 11.7 Å². The molecule has 1 unspecified atom stereocenters. The molecule has 1 rings (SSSR count). The van der Waals surface area contributed by atoms with E-state index in [1.807, 2.05) is 14.0 Å². The number of carbonyl (C=O) groups is 1. The van der Waals surface area contributed by atoms with E-state index in [9.17, 15) is 4.79 Å². The smallest absolute Gasteiger partial charge is 0.239 e. The average Bonchev–Trinajstić information content (AvgIpc) is 2.28. The van der Waals surface area contributed by atoms with Crippen molar-refractivity contribution in [1.82, 2.24) is 4.90 Å². The first kappa shape index (κ1) is 12.5. The van der Waals surface area contributed by atoms with Gasteiger partial charge < -0.3 is 10.6 Å². The summed E-state index contributed by atoms with van der Waals surface area (Å²) in [5.74, 6) is 0.783. The molecule has 88 valence electrons. The summed E-state index contributed by atoms with van der Waals surface area (Å²) < 4.78 is 0. The number of hydrogen-bond acceptors (Lipinski definition) is 2. The first-order chi connectivity index (χ1) is 7.15. The maximum Gasteiger partial charge on any atom is 0.239 e. The van der Waals surface area contributed by atoms with Gasteiger partial charge in [-0.05, 0) is 19.3 Å². The van der Waals surface area contributed by atoms with Crippen LogP contribution in [0.3, 0.4) is 0 Å². The normalized spacial score (nSPS) is 19.9. The minimum absolute atomic E-state index is 0.100. The number of nitrogens with zero attached hydrogens (tertiary/aromatic N) is 1. The Labute approximate surface area is 93.0 Å². The van der Waals surface area contributed by atoms with Gasteiger partial charge in [-0.25, -0.2) is 0 Å². The van der Waals surface area contributed by atoms with E-state index < -0.39 is 0 Å². The molecule has 0 aliphatic heterocycles. The molecule has 1 amide bonds. The van der Waals surface area contributed by atoms with Gasteiger partial charge in [0.05, 0.1) is 6.04 Å². The molecule has 1 atom stereocenters. The molecule has 3 nitrogen and oxygen atoms in total. The van der Waals surface area contributed by atoms with E-state index in [4.69, 9.17) is 5.73 Å². The maximum absolute atomic E-state index is 11.7. The highest BCUT2D eigenvalue weighted by Gasteiger charge is 2.22. The highest BCUT2D eigenvalue weighted by Crippen LogP contribution is 2.27. The van der Waals surface area contributed by atoms with Crippen LogP contribution in [0.4, 0.5) is 0 Å². The van der Waals surface area contributed by atoms with Gasteiger partial charge >= 0.3 is 0 Å². The van der Waals surface area contributed by atoms with Crippen LogP contribution in [0, 0.1) is 5.92 Å². The molecule has 1 saturated carbocycles. The molecular formula is C12H24N2O. The summed E-state index contributed by atoms with van der Waals surface area (Å²) >= 11 is 0. The SMILES string of the molecule is CCN(C)C(=O)C(N)CC1CCCCC1. The Morgan fingerprint density at radius 2 is 2.00 bits per heavy atom. The number of nitrogens with two attached hydrogens (primary N) is 1. The summed E-state index contributed by atoms with van der Waals surface area (Å²) in [6.45, 7) is 2.72. The topological polar surface area (TPSA) is 46.3 Å². The lowest BCUT2D eigenvalue weighted by Gasteiger charge is -2.26. The van der Waals surface area contributed by atoms with Crippen molar-refractivity contribution in [2.75, 3.05) is 13.6 Å². The number of hydrogen-bond donors (Lipinski definition) is 1. The molecule has 0 radical (unpaired) electrons. The fourth-order valence-corrected chi connectivity index (χ4v) is 2.32. The van der Waals surface area contributed by atoms with Crippen LogP contribution in [0.2, 0.25) is 0 Å². The molecule has 0 bridgehead atoms. The van der Waals surface area contributed by atoms with Gasteiger partial charge in [0.15, 0.2) is 0 Å². The summed E-state index contributed by atoms with van der Waals surface area (Å²) in [5, 5.41) is 0. The quantitative estimate of drug-likeness (QED) is 0.772. The number of amides is 1. The second kappa shape index (κ2) is 6.11. The lowest BCUT2D eigenvalue weighted by atomic mass is 9.85. The Balaban J connectivity index is 2.33. The van der Waals surface area contributed by atoms with Gasteiger partial charge in [-0.2, -0.15) is 0 Å². The minimum atomic E-state index is -0.280. The third kappa shape index (κ3) is 3.82. The molecule has 15 heavy (non-hydrogen) atoms. The molecule has 0 aromatic heterocycles. The van der Waals surface area contributed by atoms with E-state index in [2.05, 4.69) is 0 Å². The first-order valence-electron chi connectivity index (χ1n) is 6.15. The molecule has 1 aliphatic carbocycles. The van der Waals surface area contributed by atoms with Crippen molar-refractivity contribution in [3.8, 4) is 0 Å².